The molecule has 2 rings (SSSR count). The van der Waals surface area contributed by atoms with E-state index in [0.717, 1.165) is 19.3 Å². The standard InChI is InChI=1S/C20H29N3O4/c1-2-3-4-5-6-7-8-9-10-11-16-15(12-21)22-14-23(16)20-19(26)18(25)17(13-24)27-20/h14,17-20,24-26H,2-9,13H2,1H3/t17-,18-,19-,20-/m1/s1. The molecule has 1 aliphatic rings. The Balaban J connectivity index is 1.96. The molecule has 1 aromatic heterocycles. The summed E-state index contributed by atoms with van der Waals surface area (Å²) in [5.74, 6) is 6.03. The van der Waals surface area contributed by atoms with E-state index in [2.05, 4.69) is 23.7 Å². The molecule has 1 saturated heterocycles. The van der Waals surface area contributed by atoms with E-state index in [1.807, 2.05) is 6.07 Å². The van der Waals surface area contributed by atoms with Gasteiger partial charge < -0.3 is 20.1 Å². The zero-order chi connectivity index (χ0) is 19.6. The number of aliphatic hydroxyl groups excluding tert-OH is 3. The van der Waals surface area contributed by atoms with Crippen LogP contribution in [0, 0.1) is 23.2 Å². The Bertz CT molecular complexity index is 686. The molecule has 3 N–H and O–H groups in total. The van der Waals surface area contributed by atoms with E-state index in [1.54, 1.807) is 0 Å². The molecule has 1 aliphatic heterocycles. The third-order valence-corrected chi connectivity index (χ3v) is 4.80. The van der Waals surface area contributed by atoms with Gasteiger partial charge in [-0.15, -0.1) is 0 Å². The smallest absolute Gasteiger partial charge is 0.174 e. The van der Waals surface area contributed by atoms with Crippen LogP contribution < -0.4 is 0 Å². The van der Waals surface area contributed by atoms with Crippen LogP contribution in [0.1, 0.15) is 75.9 Å². The summed E-state index contributed by atoms with van der Waals surface area (Å²) in [5, 5.41) is 38.6. The van der Waals surface area contributed by atoms with Crippen molar-refractivity contribution in [1.29, 1.82) is 5.26 Å². The van der Waals surface area contributed by atoms with E-state index < -0.39 is 31.1 Å². The van der Waals surface area contributed by atoms with Gasteiger partial charge in [-0.1, -0.05) is 51.4 Å². The number of aromatic nitrogens is 2. The first-order chi connectivity index (χ1) is 13.1. The normalized spacial score (nSPS) is 24.4. The second-order valence-corrected chi connectivity index (χ2v) is 6.86. The van der Waals surface area contributed by atoms with Crippen molar-refractivity contribution < 1.29 is 20.1 Å². The van der Waals surface area contributed by atoms with Gasteiger partial charge in [0.25, 0.3) is 0 Å². The predicted octanol–water partition coefficient (Wildman–Crippen LogP) is 1.86. The summed E-state index contributed by atoms with van der Waals surface area (Å²) in [6.07, 6.45) is 6.28. The van der Waals surface area contributed by atoms with Gasteiger partial charge in [0, 0.05) is 6.42 Å². The summed E-state index contributed by atoms with van der Waals surface area (Å²) in [7, 11) is 0. The largest absolute Gasteiger partial charge is 0.394 e. The van der Waals surface area contributed by atoms with E-state index >= 15 is 0 Å². The average Bonchev–Trinajstić information content (AvgIpc) is 3.21. The van der Waals surface area contributed by atoms with Gasteiger partial charge in [-0.3, -0.25) is 4.57 Å². The summed E-state index contributed by atoms with van der Waals surface area (Å²) >= 11 is 0. The lowest BCUT2D eigenvalue weighted by molar-refractivity contribution is -0.0531. The Hall–Kier alpha value is -1.90. The van der Waals surface area contributed by atoms with Crippen molar-refractivity contribution in [3.05, 3.63) is 17.7 Å². The Morgan fingerprint density at radius 1 is 1.15 bits per heavy atom. The zero-order valence-corrected chi connectivity index (χ0v) is 15.8. The van der Waals surface area contributed by atoms with Crippen molar-refractivity contribution in [3.63, 3.8) is 0 Å². The predicted molar refractivity (Wildman–Crippen MR) is 99.4 cm³/mol. The third-order valence-electron chi connectivity index (χ3n) is 4.80. The quantitative estimate of drug-likeness (QED) is 0.449. The Kier molecular flexibility index (Phi) is 8.77. The third kappa shape index (κ3) is 5.54. The molecule has 0 spiro atoms. The lowest BCUT2D eigenvalue weighted by Gasteiger charge is -2.17. The van der Waals surface area contributed by atoms with Crippen molar-refractivity contribution >= 4 is 0 Å². The van der Waals surface area contributed by atoms with Crippen LogP contribution in [0.3, 0.4) is 0 Å². The van der Waals surface area contributed by atoms with Crippen LogP contribution in [0.2, 0.25) is 0 Å². The fraction of sp³-hybridized carbons (Fsp3) is 0.700. The molecular weight excluding hydrogens is 346 g/mol. The van der Waals surface area contributed by atoms with Gasteiger partial charge in [-0.25, -0.2) is 4.98 Å². The lowest BCUT2D eigenvalue weighted by Crippen LogP contribution is -2.33. The molecule has 1 aromatic rings. The van der Waals surface area contributed by atoms with Crippen LogP contribution in [0.15, 0.2) is 6.33 Å². The molecular formula is C20H29N3O4. The first-order valence-electron chi connectivity index (χ1n) is 9.72. The van der Waals surface area contributed by atoms with Crippen LogP contribution in [-0.4, -0.2) is 49.8 Å². The Morgan fingerprint density at radius 2 is 1.85 bits per heavy atom. The molecule has 148 valence electrons. The topological polar surface area (TPSA) is 112 Å². The lowest BCUT2D eigenvalue weighted by atomic mass is 10.1. The molecule has 0 aliphatic carbocycles. The number of nitrogens with zero attached hydrogens (tertiary/aromatic N) is 3. The van der Waals surface area contributed by atoms with E-state index in [4.69, 9.17) is 4.74 Å². The summed E-state index contributed by atoms with van der Waals surface area (Å²) in [6.45, 7) is 1.80. The second-order valence-electron chi connectivity index (χ2n) is 6.86. The summed E-state index contributed by atoms with van der Waals surface area (Å²) in [5.41, 5.74) is 0.509. The van der Waals surface area contributed by atoms with Crippen LogP contribution in [-0.2, 0) is 4.74 Å². The van der Waals surface area contributed by atoms with E-state index in [1.165, 1.54) is 43.0 Å². The highest BCUT2D eigenvalue weighted by atomic mass is 16.6. The van der Waals surface area contributed by atoms with Crippen LogP contribution in [0.5, 0.6) is 0 Å². The van der Waals surface area contributed by atoms with E-state index in [0.29, 0.717) is 5.69 Å². The molecule has 0 aromatic carbocycles. The molecule has 7 nitrogen and oxygen atoms in total. The van der Waals surface area contributed by atoms with Crippen molar-refractivity contribution in [3.8, 4) is 17.9 Å². The molecule has 0 amide bonds. The van der Waals surface area contributed by atoms with Gasteiger partial charge in [-0.05, 0) is 12.3 Å². The molecule has 4 atom stereocenters. The molecule has 0 bridgehead atoms. The number of hydrogen-bond acceptors (Lipinski definition) is 6. The summed E-state index contributed by atoms with van der Waals surface area (Å²) < 4.78 is 6.97. The molecule has 7 heteroatoms. The SMILES string of the molecule is CCCCCCCCCC#Cc1c(C#N)ncn1[C@@H]1O[C@H](CO)[C@@H](O)[C@H]1O. The van der Waals surface area contributed by atoms with Crippen LogP contribution in [0.25, 0.3) is 0 Å². The maximum Gasteiger partial charge on any atom is 0.174 e. The number of nitriles is 1. The first kappa shape index (κ1) is 21.4. The number of ether oxygens (including phenoxy) is 1. The molecule has 0 saturated carbocycles. The van der Waals surface area contributed by atoms with Crippen molar-refractivity contribution in [1.82, 2.24) is 9.55 Å². The number of aliphatic hydroxyl groups is 3. The van der Waals surface area contributed by atoms with Crippen molar-refractivity contribution in [2.24, 2.45) is 0 Å². The fourth-order valence-corrected chi connectivity index (χ4v) is 3.19. The van der Waals surface area contributed by atoms with Gasteiger partial charge >= 0.3 is 0 Å². The highest BCUT2D eigenvalue weighted by Gasteiger charge is 2.44. The molecule has 27 heavy (non-hydrogen) atoms. The van der Waals surface area contributed by atoms with E-state index in [-0.39, 0.29) is 5.69 Å². The van der Waals surface area contributed by atoms with Crippen LogP contribution in [0.4, 0.5) is 0 Å². The zero-order valence-electron chi connectivity index (χ0n) is 15.8. The van der Waals surface area contributed by atoms with Crippen molar-refractivity contribution in [2.75, 3.05) is 6.61 Å². The van der Waals surface area contributed by atoms with Crippen LogP contribution >= 0.6 is 0 Å². The van der Waals surface area contributed by atoms with Gasteiger partial charge in [0.2, 0.25) is 0 Å². The molecule has 2 heterocycles. The highest BCUT2D eigenvalue weighted by Crippen LogP contribution is 2.30. The Labute approximate surface area is 160 Å². The summed E-state index contributed by atoms with van der Waals surface area (Å²) in [6, 6.07) is 1.99. The molecule has 1 fully saturated rings. The monoisotopic (exact) mass is 375 g/mol. The minimum Gasteiger partial charge on any atom is -0.394 e. The number of hydrogen-bond donors (Lipinski definition) is 3. The second kappa shape index (κ2) is 11.1. The maximum absolute atomic E-state index is 10.2. The molecule has 0 unspecified atom stereocenters. The van der Waals surface area contributed by atoms with Gasteiger partial charge in [0.05, 0.1) is 12.9 Å². The minimum absolute atomic E-state index is 0.153. The van der Waals surface area contributed by atoms with E-state index in [9.17, 15) is 20.6 Å². The van der Waals surface area contributed by atoms with Gasteiger partial charge in [0.1, 0.15) is 30.1 Å². The highest BCUT2D eigenvalue weighted by molar-refractivity contribution is 5.40. The fourth-order valence-electron chi connectivity index (χ4n) is 3.19. The van der Waals surface area contributed by atoms with Crippen molar-refractivity contribution in [2.45, 2.75) is 82.8 Å². The summed E-state index contributed by atoms with van der Waals surface area (Å²) in [4.78, 5) is 4.01. The number of unbranched alkanes of at least 4 members (excludes halogenated alkanes) is 7. The number of rotatable bonds is 9. The maximum atomic E-state index is 10.2. The average molecular weight is 375 g/mol. The molecule has 0 radical (unpaired) electrons. The van der Waals surface area contributed by atoms with Gasteiger partial charge in [0.15, 0.2) is 11.9 Å². The minimum atomic E-state index is -1.23. The Morgan fingerprint density at radius 3 is 2.48 bits per heavy atom. The van der Waals surface area contributed by atoms with Gasteiger partial charge in [-0.2, -0.15) is 5.26 Å². The first-order valence-corrected chi connectivity index (χ1v) is 9.72. The number of imidazole rings is 1.